The average Bonchev–Trinajstić information content (AvgIpc) is 3.02. The van der Waals surface area contributed by atoms with Crippen LogP contribution in [0.25, 0.3) is 6.08 Å². The Morgan fingerprint density at radius 3 is 2.77 bits per heavy atom. The fourth-order valence-electron chi connectivity index (χ4n) is 2.04. The van der Waals surface area contributed by atoms with E-state index in [1.807, 2.05) is 0 Å². The first kappa shape index (κ1) is 16.5. The predicted octanol–water partition coefficient (Wildman–Crippen LogP) is 3.15. The highest BCUT2D eigenvalue weighted by Crippen LogP contribution is 2.34. The molecule has 0 unspecified atom stereocenters. The minimum Gasteiger partial charge on any atom is -0.480 e. The summed E-state index contributed by atoms with van der Waals surface area (Å²) in [4.78, 5) is 25.4. The molecule has 1 atom stereocenters. The van der Waals surface area contributed by atoms with Gasteiger partial charge in [-0.2, -0.15) is 0 Å². The van der Waals surface area contributed by atoms with Crippen molar-refractivity contribution < 1.29 is 19.1 Å². The molecule has 7 heteroatoms. The smallest absolute Gasteiger partial charge is 0.327 e. The van der Waals surface area contributed by atoms with Crippen LogP contribution in [0.1, 0.15) is 19.6 Å². The van der Waals surface area contributed by atoms with Crippen LogP contribution in [-0.4, -0.2) is 32.2 Å². The van der Waals surface area contributed by atoms with Crippen molar-refractivity contribution in [3.8, 4) is 0 Å². The number of hydrogen-bond donors (Lipinski definition) is 1. The van der Waals surface area contributed by atoms with Gasteiger partial charge in [0, 0.05) is 0 Å². The summed E-state index contributed by atoms with van der Waals surface area (Å²) < 4.78 is 5.41. The van der Waals surface area contributed by atoms with Gasteiger partial charge >= 0.3 is 5.97 Å². The molecular weight excluding hydrogens is 322 g/mol. The average molecular weight is 337 g/mol. The van der Waals surface area contributed by atoms with E-state index in [9.17, 15) is 14.7 Å². The number of thiocarbonyl (C=S) groups is 1. The van der Waals surface area contributed by atoms with Gasteiger partial charge in [0.1, 0.15) is 16.1 Å². The van der Waals surface area contributed by atoms with E-state index >= 15 is 0 Å². The fraction of sp³-hybridized carbons (Fsp3) is 0.267. The Bertz CT molecular complexity index is 647. The van der Waals surface area contributed by atoms with E-state index in [0.717, 1.165) is 11.8 Å². The van der Waals surface area contributed by atoms with Crippen LogP contribution < -0.4 is 0 Å². The zero-order chi connectivity index (χ0) is 16.3. The summed E-state index contributed by atoms with van der Waals surface area (Å²) in [5, 5.41) is 9.32. The third kappa shape index (κ3) is 3.48. The number of aliphatic carboxylic acids is 1. The van der Waals surface area contributed by atoms with E-state index < -0.39 is 12.0 Å². The molecule has 2 heterocycles. The first-order valence-electron chi connectivity index (χ1n) is 6.62. The lowest BCUT2D eigenvalue weighted by Gasteiger charge is -2.26. The Morgan fingerprint density at radius 2 is 2.23 bits per heavy atom. The van der Waals surface area contributed by atoms with Crippen LogP contribution >= 0.6 is 24.0 Å². The van der Waals surface area contributed by atoms with Gasteiger partial charge in [-0.3, -0.25) is 9.69 Å². The molecular formula is C15H15NO4S2. The SMILES string of the molecule is CC(C)[C@H](C(=O)O)N1C(=O)/C(=C/C=C/c2ccco2)SC1=S. The first-order valence-corrected chi connectivity index (χ1v) is 7.84. The summed E-state index contributed by atoms with van der Waals surface area (Å²) in [7, 11) is 0. The van der Waals surface area contributed by atoms with Crippen LogP contribution in [0.4, 0.5) is 0 Å². The van der Waals surface area contributed by atoms with Gasteiger partial charge in [0.25, 0.3) is 5.91 Å². The number of allylic oxidation sites excluding steroid dienone is 2. The molecule has 22 heavy (non-hydrogen) atoms. The normalized spacial score (nSPS) is 18.9. The third-order valence-electron chi connectivity index (χ3n) is 3.04. The van der Waals surface area contributed by atoms with E-state index in [0.29, 0.717) is 10.7 Å². The number of nitrogens with zero attached hydrogens (tertiary/aromatic N) is 1. The first-order chi connectivity index (χ1) is 10.4. The molecule has 1 aromatic rings. The summed E-state index contributed by atoms with van der Waals surface area (Å²) in [6.07, 6.45) is 6.56. The topological polar surface area (TPSA) is 70.8 Å². The Hall–Kier alpha value is -1.86. The molecule has 2 rings (SSSR count). The quantitative estimate of drug-likeness (QED) is 0.657. The fourth-order valence-corrected chi connectivity index (χ4v) is 3.32. The van der Waals surface area contributed by atoms with Crippen LogP contribution in [0.2, 0.25) is 0 Å². The molecule has 1 fully saturated rings. The van der Waals surface area contributed by atoms with Gasteiger partial charge in [-0.25, -0.2) is 4.79 Å². The Balaban J connectivity index is 2.19. The highest BCUT2D eigenvalue weighted by atomic mass is 32.2. The maximum absolute atomic E-state index is 12.4. The van der Waals surface area contributed by atoms with E-state index in [1.165, 1.54) is 4.90 Å². The highest BCUT2D eigenvalue weighted by Gasteiger charge is 2.41. The number of carbonyl (C=O) groups excluding carboxylic acids is 1. The summed E-state index contributed by atoms with van der Waals surface area (Å²) in [5.41, 5.74) is 0. The number of hydrogen-bond acceptors (Lipinski definition) is 5. The van der Waals surface area contributed by atoms with Gasteiger partial charge < -0.3 is 9.52 Å². The molecule has 0 aliphatic carbocycles. The molecule has 116 valence electrons. The van der Waals surface area contributed by atoms with Crippen LogP contribution in [0, 0.1) is 5.92 Å². The molecule has 5 nitrogen and oxygen atoms in total. The maximum atomic E-state index is 12.4. The van der Waals surface area contributed by atoms with Gasteiger partial charge in [0.15, 0.2) is 0 Å². The monoisotopic (exact) mass is 337 g/mol. The van der Waals surface area contributed by atoms with Crippen LogP contribution in [0.15, 0.2) is 39.9 Å². The van der Waals surface area contributed by atoms with Crippen LogP contribution in [0.3, 0.4) is 0 Å². The number of amides is 1. The molecule has 0 saturated carbocycles. The summed E-state index contributed by atoms with van der Waals surface area (Å²) >= 11 is 6.27. The zero-order valence-corrected chi connectivity index (χ0v) is 13.7. The minimum atomic E-state index is -1.06. The molecule has 1 aliphatic heterocycles. The lowest BCUT2D eigenvalue weighted by atomic mass is 10.0. The van der Waals surface area contributed by atoms with Gasteiger partial charge in [-0.15, -0.1) is 0 Å². The molecule has 0 bridgehead atoms. The van der Waals surface area contributed by atoms with Crippen molar-refractivity contribution >= 4 is 46.3 Å². The van der Waals surface area contributed by atoms with Crippen molar-refractivity contribution in [2.45, 2.75) is 19.9 Å². The Labute approximate surface area is 137 Å². The summed E-state index contributed by atoms with van der Waals surface area (Å²) in [5.74, 6) is -1.01. The van der Waals surface area contributed by atoms with E-state index in [2.05, 4.69) is 0 Å². The maximum Gasteiger partial charge on any atom is 0.327 e. The van der Waals surface area contributed by atoms with Gasteiger partial charge in [0.2, 0.25) is 0 Å². The number of furan rings is 1. The molecule has 0 radical (unpaired) electrons. The molecule has 1 aliphatic rings. The molecule has 1 aromatic heterocycles. The third-order valence-corrected chi connectivity index (χ3v) is 4.39. The van der Waals surface area contributed by atoms with Crippen molar-refractivity contribution in [2.24, 2.45) is 5.92 Å². The number of carbonyl (C=O) groups is 2. The summed E-state index contributed by atoms with van der Waals surface area (Å²) in [6.45, 7) is 3.50. The van der Waals surface area contributed by atoms with Crippen LogP contribution in [0.5, 0.6) is 0 Å². The van der Waals surface area contributed by atoms with E-state index in [-0.39, 0.29) is 16.1 Å². The second kappa shape index (κ2) is 6.93. The number of thioether (sulfide) groups is 1. The zero-order valence-electron chi connectivity index (χ0n) is 12.1. The molecule has 0 spiro atoms. The standard InChI is InChI=1S/C15H15NO4S2/c1-9(2)12(14(18)19)16-13(17)11(22-15(16)21)7-3-5-10-6-4-8-20-10/h3-9,12H,1-2H3,(H,18,19)/b5-3+,11-7-/t12-/m1/s1. The molecule has 1 saturated heterocycles. The second-order valence-electron chi connectivity index (χ2n) is 4.98. The van der Waals surface area contributed by atoms with Crippen molar-refractivity contribution in [3.05, 3.63) is 41.2 Å². The Kier molecular flexibility index (Phi) is 5.20. The molecule has 1 N–H and O–H groups in total. The largest absolute Gasteiger partial charge is 0.480 e. The van der Waals surface area contributed by atoms with E-state index in [1.54, 1.807) is 50.5 Å². The van der Waals surface area contributed by atoms with Gasteiger partial charge in [0.05, 0.1) is 11.2 Å². The predicted molar refractivity (Wildman–Crippen MR) is 89.1 cm³/mol. The lowest BCUT2D eigenvalue weighted by Crippen LogP contribution is -2.47. The highest BCUT2D eigenvalue weighted by molar-refractivity contribution is 8.26. The lowest BCUT2D eigenvalue weighted by molar-refractivity contribution is -0.146. The molecule has 1 amide bonds. The van der Waals surface area contributed by atoms with Crippen molar-refractivity contribution in [1.82, 2.24) is 4.90 Å². The second-order valence-corrected chi connectivity index (χ2v) is 6.65. The minimum absolute atomic E-state index is 0.238. The van der Waals surface area contributed by atoms with Crippen molar-refractivity contribution in [3.63, 3.8) is 0 Å². The van der Waals surface area contributed by atoms with Gasteiger partial charge in [-0.1, -0.05) is 43.9 Å². The number of rotatable bonds is 5. The van der Waals surface area contributed by atoms with E-state index in [4.69, 9.17) is 16.6 Å². The van der Waals surface area contributed by atoms with Crippen LogP contribution in [-0.2, 0) is 9.59 Å². The number of carboxylic acids is 1. The van der Waals surface area contributed by atoms with Crippen molar-refractivity contribution in [2.75, 3.05) is 0 Å². The number of carboxylic acid groups (broad SMARTS) is 1. The van der Waals surface area contributed by atoms with Crippen molar-refractivity contribution in [1.29, 1.82) is 0 Å². The summed E-state index contributed by atoms with van der Waals surface area (Å²) in [6, 6.07) is 2.60. The Morgan fingerprint density at radius 1 is 1.50 bits per heavy atom. The molecule has 0 aromatic carbocycles. The van der Waals surface area contributed by atoms with Gasteiger partial charge in [-0.05, 0) is 30.2 Å².